The summed E-state index contributed by atoms with van der Waals surface area (Å²) < 4.78 is 0. The number of imide groups is 2. The third-order valence-corrected chi connectivity index (χ3v) is 9.61. The van der Waals surface area contributed by atoms with Crippen molar-refractivity contribution in [2.24, 2.45) is 0 Å². The molecule has 4 aliphatic rings. The Labute approximate surface area is 266 Å². The summed E-state index contributed by atoms with van der Waals surface area (Å²) in [6.45, 7) is 3.94. The van der Waals surface area contributed by atoms with Crippen LogP contribution in [-0.2, 0) is 27.3 Å². The number of H-pyrrole nitrogens is 1. The average Bonchev–Trinajstić information content (AvgIpc) is 3.80. The van der Waals surface area contributed by atoms with Crippen molar-refractivity contribution in [1.29, 1.82) is 0 Å². The molecular formula is C34H37N7O5. The van der Waals surface area contributed by atoms with E-state index in [4.69, 9.17) is 0 Å². The van der Waals surface area contributed by atoms with Gasteiger partial charge in [-0.25, -0.2) is 0 Å². The second-order valence-corrected chi connectivity index (χ2v) is 12.7. The number of amides is 5. The molecule has 2 aromatic carbocycles. The van der Waals surface area contributed by atoms with Crippen LogP contribution in [0, 0.1) is 0 Å². The molecule has 3 aliphatic heterocycles. The second kappa shape index (κ2) is 12.5. The summed E-state index contributed by atoms with van der Waals surface area (Å²) in [7, 11) is 0. The Morgan fingerprint density at radius 2 is 1.57 bits per heavy atom. The maximum Gasteiger partial charge on any atom is 0.262 e. The fourth-order valence-electron chi connectivity index (χ4n) is 7.06. The zero-order chi connectivity index (χ0) is 31.8. The Balaban J connectivity index is 0.898. The second-order valence-electron chi connectivity index (χ2n) is 12.7. The van der Waals surface area contributed by atoms with Crippen molar-refractivity contribution < 1.29 is 24.0 Å². The number of aromatic nitrogens is 2. The molecule has 0 radical (unpaired) electrons. The Morgan fingerprint density at radius 1 is 0.848 bits per heavy atom. The van der Waals surface area contributed by atoms with Crippen molar-refractivity contribution in [2.45, 2.75) is 63.5 Å². The number of carbonyl (C=O) groups excluding carboxylic acids is 5. The first-order valence-electron chi connectivity index (χ1n) is 16.1. The van der Waals surface area contributed by atoms with Crippen LogP contribution in [0.25, 0.3) is 0 Å². The van der Waals surface area contributed by atoms with Crippen LogP contribution in [0.1, 0.15) is 82.0 Å². The van der Waals surface area contributed by atoms with E-state index in [9.17, 15) is 24.0 Å². The average molecular weight is 624 g/mol. The molecule has 3 aromatic rings. The lowest BCUT2D eigenvalue weighted by molar-refractivity contribution is -0.136. The van der Waals surface area contributed by atoms with E-state index in [1.54, 1.807) is 12.1 Å². The van der Waals surface area contributed by atoms with Gasteiger partial charge in [-0.15, -0.1) is 0 Å². The summed E-state index contributed by atoms with van der Waals surface area (Å²) in [5.41, 5.74) is 4.65. The standard InChI is InChI=1S/C34H37N7O5/c42-30-12-11-28(32(44)36-30)41-33(45)25-10-9-24(18-26(25)34(41)46)40-15-13-39(14-16-40)20-22-7-5-21(6-8-22)17-31(43)35-29-19-27(37-38-29)23-3-1-2-4-23/h5-10,18-19,23,28H,1-4,11-17,20H2,(H,36,42,44)(H2,35,37,38,43). The van der Waals surface area contributed by atoms with Crippen LogP contribution in [-0.4, -0.2) is 81.8 Å². The molecule has 4 heterocycles. The van der Waals surface area contributed by atoms with Gasteiger partial charge in [0.15, 0.2) is 5.82 Å². The molecule has 3 N–H and O–H groups in total. The van der Waals surface area contributed by atoms with Gasteiger partial charge in [-0.05, 0) is 48.6 Å². The van der Waals surface area contributed by atoms with E-state index in [0.717, 1.165) is 54.6 Å². The first-order chi connectivity index (χ1) is 22.3. The molecule has 1 aliphatic carbocycles. The van der Waals surface area contributed by atoms with Crippen LogP contribution in [0.3, 0.4) is 0 Å². The van der Waals surface area contributed by atoms with Gasteiger partial charge >= 0.3 is 0 Å². The highest BCUT2D eigenvalue weighted by atomic mass is 16.2. The monoisotopic (exact) mass is 623 g/mol. The maximum absolute atomic E-state index is 13.2. The SMILES string of the molecule is O=C1CCC(N2C(=O)c3ccc(N4CCN(Cc5ccc(CC(=O)Nc6cc(C7CCCC7)[nH]n6)cc5)CC4)cc3C2=O)C(=O)N1. The fourth-order valence-corrected chi connectivity index (χ4v) is 7.06. The van der Waals surface area contributed by atoms with Crippen LogP contribution >= 0.6 is 0 Å². The molecule has 3 fully saturated rings. The highest BCUT2D eigenvalue weighted by Gasteiger charge is 2.44. The smallest absolute Gasteiger partial charge is 0.262 e. The number of nitrogens with one attached hydrogen (secondary N) is 3. The lowest BCUT2D eigenvalue weighted by atomic mass is 10.0. The molecule has 7 rings (SSSR count). The van der Waals surface area contributed by atoms with Crippen LogP contribution in [0.5, 0.6) is 0 Å². The third-order valence-electron chi connectivity index (χ3n) is 9.61. The van der Waals surface area contributed by atoms with E-state index in [1.165, 1.54) is 31.2 Å². The quantitative estimate of drug-likeness (QED) is 0.325. The Bertz CT molecular complexity index is 1690. The van der Waals surface area contributed by atoms with Gasteiger partial charge in [0.25, 0.3) is 11.8 Å². The Hall–Kier alpha value is -4.84. The normalized spacial score (nSPS) is 20.7. The molecule has 5 amide bonds. The summed E-state index contributed by atoms with van der Waals surface area (Å²) in [4.78, 5) is 68.3. The van der Waals surface area contributed by atoms with E-state index in [0.29, 0.717) is 17.3 Å². The van der Waals surface area contributed by atoms with Crippen molar-refractivity contribution >= 4 is 41.0 Å². The molecule has 46 heavy (non-hydrogen) atoms. The van der Waals surface area contributed by atoms with Gasteiger partial charge in [0.05, 0.1) is 17.5 Å². The summed E-state index contributed by atoms with van der Waals surface area (Å²) >= 11 is 0. The van der Waals surface area contributed by atoms with Crippen LogP contribution in [0.2, 0.25) is 0 Å². The number of rotatable bonds is 8. The first-order valence-corrected chi connectivity index (χ1v) is 16.1. The molecule has 12 heteroatoms. The molecular weight excluding hydrogens is 586 g/mol. The maximum atomic E-state index is 13.2. The van der Waals surface area contributed by atoms with Crippen LogP contribution < -0.4 is 15.5 Å². The minimum atomic E-state index is -0.973. The summed E-state index contributed by atoms with van der Waals surface area (Å²) in [6, 6.07) is 14.4. The number of hydrogen-bond acceptors (Lipinski definition) is 8. The number of benzene rings is 2. The van der Waals surface area contributed by atoms with Crippen molar-refractivity contribution in [3.8, 4) is 0 Å². The van der Waals surface area contributed by atoms with Crippen LogP contribution in [0.4, 0.5) is 11.5 Å². The lowest BCUT2D eigenvalue weighted by Crippen LogP contribution is -2.54. The number of piperidine rings is 1. The summed E-state index contributed by atoms with van der Waals surface area (Å²) in [5.74, 6) is -0.986. The van der Waals surface area contributed by atoms with Gasteiger partial charge in [0, 0.05) is 62.5 Å². The first kappa shape index (κ1) is 29.8. The van der Waals surface area contributed by atoms with Crippen molar-refractivity contribution in [2.75, 3.05) is 36.4 Å². The highest BCUT2D eigenvalue weighted by molar-refractivity contribution is 6.23. The molecule has 1 unspecified atom stereocenters. The minimum Gasteiger partial charge on any atom is -0.369 e. The van der Waals surface area contributed by atoms with Crippen molar-refractivity contribution in [3.05, 3.63) is 76.5 Å². The van der Waals surface area contributed by atoms with E-state index >= 15 is 0 Å². The lowest BCUT2D eigenvalue weighted by Gasteiger charge is -2.36. The van der Waals surface area contributed by atoms with Crippen LogP contribution in [0.15, 0.2) is 48.5 Å². The van der Waals surface area contributed by atoms with E-state index in [1.807, 2.05) is 24.3 Å². The predicted octanol–water partition coefficient (Wildman–Crippen LogP) is 2.97. The number of nitrogens with zero attached hydrogens (tertiary/aromatic N) is 4. The number of fused-ring (bicyclic) bond motifs is 1. The summed E-state index contributed by atoms with van der Waals surface area (Å²) in [6.07, 6.45) is 5.35. The predicted molar refractivity (Wildman–Crippen MR) is 169 cm³/mol. The van der Waals surface area contributed by atoms with E-state index in [-0.39, 0.29) is 30.7 Å². The molecule has 1 atom stereocenters. The Kier molecular flexibility index (Phi) is 8.12. The van der Waals surface area contributed by atoms with Gasteiger partial charge < -0.3 is 10.2 Å². The zero-order valence-corrected chi connectivity index (χ0v) is 25.6. The van der Waals surface area contributed by atoms with Gasteiger partial charge in [-0.2, -0.15) is 5.10 Å². The van der Waals surface area contributed by atoms with Gasteiger partial charge in [-0.1, -0.05) is 37.1 Å². The third kappa shape index (κ3) is 6.04. The fraction of sp³-hybridized carbons (Fsp3) is 0.412. The van der Waals surface area contributed by atoms with Crippen molar-refractivity contribution in [1.82, 2.24) is 25.3 Å². The molecule has 1 aromatic heterocycles. The van der Waals surface area contributed by atoms with Gasteiger partial charge in [0.1, 0.15) is 6.04 Å². The van der Waals surface area contributed by atoms with Gasteiger partial charge in [0.2, 0.25) is 17.7 Å². The number of carbonyl (C=O) groups is 5. The largest absolute Gasteiger partial charge is 0.369 e. The minimum absolute atomic E-state index is 0.0883. The van der Waals surface area contributed by atoms with E-state index < -0.39 is 29.7 Å². The number of piperazine rings is 1. The molecule has 238 valence electrons. The zero-order valence-electron chi connectivity index (χ0n) is 25.6. The highest BCUT2D eigenvalue weighted by Crippen LogP contribution is 2.34. The number of anilines is 2. The molecule has 1 saturated carbocycles. The molecule has 0 spiro atoms. The van der Waals surface area contributed by atoms with Gasteiger partial charge in [-0.3, -0.25) is 44.2 Å². The van der Waals surface area contributed by atoms with Crippen molar-refractivity contribution in [3.63, 3.8) is 0 Å². The topological polar surface area (TPSA) is 148 Å². The number of hydrogen-bond donors (Lipinski definition) is 3. The molecule has 2 saturated heterocycles. The Morgan fingerprint density at radius 3 is 2.30 bits per heavy atom. The molecule has 12 nitrogen and oxygen atoms in total. The summed E-state index contributed by atoms with van der Waals surface area (Å²) in [5, 5.41) is 12.5. The molecule has 0 bridgehead atoms. The number of aromatic amines is 1. The van der Waals surface area contributed by atoms with E-state index in [2.05, 4.69) is 42.8 Å².